The molecule has 1 atom stereocenters. The lowest BCUT2D eigenvalue weighted by Crippen LogP contribution is -2.33. The maximum Gasteiger partial charge on any atom is 0.337 e. The van der Waals surface area contributed by atoms with Crippen molar-refractivity contribution in [2.75, 3.05) is 6.61 Å². The quantitative estimate of drug-likeness (QED) is 0.843. The molecule has 1 aliphatic carbocycles. The first-order valence-corrected chi connectivity index (χ1v) is 8.80. The van der Waals surface area contributed by atoms with Gasteiger partial charge in [0.25, 0.3) is 0 Å². The third kappa shape index (κ3) is 2.90. The molecule has 1 aromatic rings. The predicted octanol–water partition coefficient (Wildman–Crippen LogP) is 3.49. The van der Waals surface area contributed by atoms with E-state index in [0.29, 0.717) is 28.4 Å². The van der Waals surface area contributed by atoms with Gasteiger partial charge in [0.1, 0.15) is 5.76 Å². The van der Waals surface area contributed by atoms with E-state index >= 15 is 0 Å². The van der Waals surface area contributed by atoms with Gasteiger partial charge in [-0.2, -0.15) is 0 Å². The van der Waals surface area contributed by atoms with E-state index in [2.05, 4.69) is 13.8 Å². The molecule has 6 heteroatoms. The maximum absolute atomic E-state index is 12.9. The molecule has 24 heavy (non-hydrogen) atoms. The summed E-state index contributed by atoms with van der Waals surface area (Å²) >= 11 is 1.31. The summed E-state index contributed by atoms with van der Waals surface area (Å²) in [5.74, 6) is -0.488. The van der Waals surface area contributed by atoms with Gasteiger partial charge >= 0.3 is 5.97 Å². The molecule has 0 saturated carbocycles. The first-order valence-electron chi connectivity index (χ1n) is 7.98. The highest BCUT2D eigenvalue weighted by molar-refractivity contribution is 8.06. The summed E-state index contributed by atoms with van der Waals surface area (Å²) in [6, 6.07) is 3.51. The third-order valence-corrected chi connectivity index (χ3v) is 5.33. The summed E-state index contributed by atoms with van der Waals surface area (Å²) in [6.07, 6.45) is 2.74. The molecule has 0 fully saturated rings. The van der Waals surface area contributed by atoms with Gasteiger partial charge < -0.3 is 14.9 Å². The number of rotatable bonds is 3. The third-order valence-electron chi connectivity index (χ3n) is 4.28. The highest BCUT2D eigenvalue weighted by Gasteiger charge is 2.44. The topological polar surface area (TPSA) is 82.5 Å². The number of hydrogen-bond donors (Lipinski definition) is 1. The molecule has 0 radical (unpaired) electrons. The van der Waals surface area contributed by atoms with Crippen LogP contribution >= 0.6 is 11.8 Å². The number of thioether (sulfide) groups is 1. The van der Waals surface area contributed by atoms with Crippen LogP contribution in [0.4, 0.5) is 0 Å². The number of allylic oxidation sites excluding steroid dienone is 2. The zero-order valence-corrected chi connectivity index (χ0v) is 14.9. The fraction of sp³-hybridized carbons (Fsp3) is 0.444. The monoisotopic (exact) mass is 347 g/mol. The average molecular weight is 347 g/mol. The standard InChI is InChI=1S/C18H21NO4S/c1-4-22-17(21)15-14(11-6-5-7-23-11)13-10(20)8-18(2,3)9-12(13)24-16(15)19/h5-7,14H,4,8-9,19H2,1-3H3. The highest BCUT2D eigenvalue weighted by atomic mass is 32.2. The predicted molar refractivity (Wildman–Crippen MR) is 91.9 cm³/mol. The zero-order chi connectivity index (χ0) is 17.5. The summed E-state index contributed by atoms with van der Waals surface area (Å²) in [5, 5.41) is 0.388. The molecule has 128 valence electrons. The van der Waals surface area contributed by atoms with Crippen molar-refractivity contribution in [1.29, 1.82) is 0 Å². The number of hydrogen-bond acceptors (Lipinski definition) is 6. The van der Waals surface area contributed by atoms with Crippen LogP contribution in [0.1, 0.15) is 45.3 Å². The fourth-order valence-electron chi connectivity index (χ4n) is 3.33. The van der Waals surface area contributed by atoms with Gasteiger partial charge in [-0.15, -0.1) is 0 Å². The molecule has 0 bridgehead atoms. The van der Waals surface area contributed by atoms with E-state index in [0.717, 1.165) is 11.3 Å². The second-order valence-corrected chi connectivity index (χ2v) is 7.96. The van der Waals surface area contributed by atoms with E-state index in [4.69, 9.17) is 14.9 Å². The number of carbonyl (C=O) groups is 2. The average Bonchev–Trinajstić information content (AvgIpc) is 2.98. The number of nitrogens with two attached hydrogens (primary N) is 1. The van der Waals surface area contributed by atoms with Gasteiger partial charge in [0.15, 0.2) is 5.78 Å². The minimum Gasteiger partial charge on any atom is -0.468 e. The number of ketones is 1. The SMILES string of the molecule is CCOC(=O)C1=C(N)SC2=C(C(=O)CC(C)(C)C2)C1c1ccco1. The van der Waals surface area contributed by atoms with Gasteiger partial charge in [-0.05, 0) is 35.8 Å². The summed E-state index contributed by atoms with van der Waals surface area (Å²) in [4.78, 5) is 26.3. The van der Waals surface area contributed by atoms with Crippen LogP contribution < -0.4 is 5.73 Å². The molecule has 1 unspecified atom stereocenters. The van der Waals surface area contributed by atoms with Crippen molar-refractivity contribution < 1.29 is 18.7 Å². The van der Waals surface area contributed by atoms with Crippen LogP contribution in [0, 0.1) is 5.41 Å². The molecule has 3 rings (SSSR count). The number of Topliss-reactive ketones (excluding diaryl/α,β-unsaturated/α-hetero) is 1. The number of carbonyl (C=O) groups excluding carboxylic acids is 2. The Balaban J connectivity index is 2.14. The number of esters is 1. The maximum atomic E-state index is 12.9. The Hall–Kier alpha value is -1.95. The van der Waals surface area contributed by atoms with Gasteiger partial charge in [-0.3, -0.25) is 4.79 Å². The van der Waals surface area contributed by atoms with Crippen LogP contribution in [-0.4, -0.2) is 18.4 Å². The van der Waals surface area contributed by atoms with Gasteiger partial charge in [-0.1, -0.05) is 25.6 Å². The van der Waals surface area contributed by atoms with Crippen molar-refractivity contribution in [3.63, 3.8) is 0 Å². The Morgan fingerprint density at radius 2 is 2.21 bits per heavy atom. The van der Waals surface area contributed by atoms with Crippen molar-refractivity contribution >= 4 is 23.5 Å². The van der Waals surface area contributed by atoms with Crippen LogP contribution in [-0.2, 0) is 14.3 Å². The van der Waals surface area contributed by atoms with Crippen molar-refractivity contribution in [2.24, 2.45) is 11.1 Å². The van der Waals surface area contributed by atoms with Gasteiger partial charge in [0.2, 0.25) is 0 Å². The molecule has 1 aromatic heterocycles. The van der Waals surface area contributed by atoms with Gasteiger partial charge in [0.05, 0.1) is 29.4 Å². The molecule has 2 aliphatic rings. The Morgan fingerprint density at radius 1 is 1.46 bits per heavy atom. The smallest absolute Gasteiger partial charge is 0.337 e. The summed E-state index contributed by atoms with van der Waals surface area (Å²) in [5.41, 5.74) is 7.03. The highest BCUT2D eigenvalue weighted by Crippen LogP contribution is 2.53. The van der Waals surface area contributed by atoms with Crippen LogP contribution in [0.3, 0.4) is 0 Å². The molecule has 0 amide bonds. The van der Waals surface area contributed by atoms with Crippen molar-refractivity contribution in [3.8, 4) is 0 Å². The molecule has 1 aliphatic heterocycles. The van der Waals surface area contributed by atoms with Gasteiger partial charge in [0, 0.05) is 12.0 Å². The van der Waals surface area contributed by atoms with Crippen molar-refractivity contribution in [1.82, 2.24) is 0 Å². The zero-order valence-electron chi connectivity index (χ0n) is 14.0. The molecule has 2 N–H and O–H groups in total. The normalized spacial score (nSPS) is 23.3. The van der Waals surface area contributed by atoms with E-state index in [1.54, 1.807) is 19.1 Å². The largest absolute Gasteiger partial charge is 0.468 e. The lowest BCUT2D eigenvalue weighted by atomic mass is 9.72. The van der Waals surface area contributed by atoms with E-state index in [9.17, 15) is 9.59 Å². The van der Waals surface area contributed by atoms with E-state index in [1.807, 2.05) is 0 Å². The second kappa shape index (κ2) is 6.16. The number of furan rings is 1. The Morgan fingerprint density at radius 3 is 2.83 bits per heavy atom. The van der Waals surface area contributed by atoms with Crippen molar-refractivity contribution in [3.05, 3.63) is 45.2 Å². The lowest BCUT2D eigenvalue weighted by molar-refractivity contribution is -0.138. The molecular weight excluding hydrogens is 326 g/mol. The minimum atomic E-state index is -0.584. The Kier molecular flexibility index (Phi) is 4.34. The lowest BCUT2D eigenvalue weighted by Gasteiger charge is -2.37. The van der Waals surface area contributed by atoms with E-state index < -0.39 is 11.9 Å². The second-order valence-electron chi connectivity index (χ2n) is 6.83. The van der Waals surface area contributed by atoms with Crippen LogP contribution in [0.15, 0.2) is 43.9 Å². The first kappa shape index (κ1) is 16.9. The van der Waals surface area contributed by atoms with Crippen molar-refractivity contribution in [2.45, 2.75) is 39.5 Å². The Labute approximate surface area is 145 Å². The molecule has 5 nitrogen and oxygen atoms in total. The first-order chi connectivity index (χ1) is 11.3. The molecule has 0 aromatic carbocycles. The molecule has 0 spiro atoms. The van der Waals surface area contributed by atoms with Crippen LogP contribution in [0.5, 0.6) is 0 Å². The summed E-state index contributed by atoms with van der Waals surface area (Å²) < 4.78 is 10.7. The Bertz CT molecular complexity index is 743. The van der Waals surface area contributed by atoms with Crippen LogP contribution in [0.25, 0.3) is 0 Å². The minimum absolute atomic E-state index is 0.0458. The molecular formula is C18H21NO4S. The van der Waals surface area contributed by atoms with Crippen LogP contribution in [0.2, 0.25) is 0 Å². The summed E-state index contributed by atoms with van der Waals surface area (Å²) in [6.45, 7) is 6.12. The van der Waals surface area contributed by atoms with Gasteiger partial charge in [-0.25, -0.2) is 4.79 Å². The fourth-order valence-corrected chi connectivity index (χ4v) is 4.71. The number of ether oxygens (including phenoxy) is 1. The summed E-state index contributed by atoms with van der Waals surface area (Å²) in [7, 11) is 0. The van der Waals surface area contributed by atoms with E-state index in [-0.39, 0.29) is 17.8 Å². The molecule has 0 saturated heterocycles. The van der Waals surface area contributed by atoms with E-state index in [1.165, 1.54) is 18.0 Å². The molecule has 2 heterocycles.